The van der Waals surface area contributed by atoms with E-state index in [0.29, 0.717) is 0 Å². The molecule has 4 aromatic rings. The van der Waals surface area contributed by atoms with Crippen LogP contribution in [0.4, 0.5) is 22.7 Å². The Balaban J connectivity index is 1.83. The van der Waals surface area contributed by atoms with Crippen LogP contribution in [0, 0.1) is 0 Å². The van der Waals surface area contributed by atoms with Crippen LogP contribution < -0.4 is 0 Å². The summed E-state index contributed by atoms with van der Waals surface area (Å²) in [5, 5.41) is 5.00. The van der Waals surface area contributed by atoms with Gasteiger partial charge in [0.25, 0.3) is 0 Å². The van der Waals surface area contributed by atoms with Gasteiger partial charge < -0.3 is 25.1 Å². The van der Waals surface area contributed by atoms with E-state index >= 15 is 0 Å². The molecule has 2 aliphatic heterocycles. The fourth-order valence-corrected chi connectivity index (χ4v) is 28.2. The van der Waals surface area contributed by atoms with Gasteiger partial charge in [-0.05, 0) is 132 Å². The van der Waals surface area contributed by atoms with E-state index in [0.717, 1.165) is 39.9 Å². The molecule has 468 valence electrons. The number of aliphatic imine (C=N–C) groups is 4. The van der Waals surface area contributed by atoms with Gasteiger partial charge in [-0.3, -0.25) is 20.0 Å². The Morgan fingerprint density at radius 2 is 0.353 bits per heavy atom. The standard InChI is InChI=1S/C76H116N4P5/c1-65(2,3)45-37-49(69(13,14)15)57(50(38-45)70(16,17)18)77-61-81-62(78-58-51(71(19,20)21)39-46(66(4,5)6)40-52(58)72(22,23)24)84(61)83-85-63(79-59-53(73(25,26)27)41-47(67(7,8)9)42-54(59)74(28,29)30)82-64(85)80-60-55(75(31,32)33)43-48(68(10,11)12)44-56(60)76(34,35)36/h37-44H,1-36H3/q-3. The first-order chi connectivity index (χ1) is 37.7. The second-order valence-corrected chi connectivity index (χ2v) is 48.5. The average molecular weight is 1240 g/mol. The molecule has 2 fully saturated rings. The van der Waals surface area contributed by atoms with Gasteiger partial charge in [0.15, 0.2) is 0 Å². The molecule has 6 rings (SSSR count). The van der Waals surface area contributed by atoms with Crippen molar-refractivity contribution in [2.24, 2.45) is 20.0 Å². The third-order valence-electron chi connectivity index (χ3n) is 16.6. The minimum atomic E-state index is -1.06. The Hall–Kier alpha value is -2.29. The van der Waals surface area contributed by atoms with Crippen LogP contribution in [0.2, 0.25) is 0 Å². The zero-order chi connectivity index (χ0) is 65.3. The van der Waals surface area contributed by atoms with Crippen LogP contribution >= 0.6 is 40.3 Å². The topological polar surface area (TPSA) is 49.4 Å². The number of hydrogen-bond donors (Lipinski definition) is 0. The van der Waals surface area contributed by atoms with Gasteiger partial charge in [0, 0.05) is 0 Å². The highest BCUT2D eigenvalue weighted by molar-refractivity contribution is 8.78. The molecule has 0 N–H and O–H groups in total. The first kappa shape index (κ1) is 71.8. The molecule has 0 bridgehead atoms. The molecule has 2 saturated heterocycles. The second-order valence-electron chi connectivity index (χ2n) is 37.3. The van der Waals surface area contributed by atoms with Crippen molar-refractivity contribution in [1.82, 2.24) is 0 Å². The van der Waals surface area contributed by atoms with E-state index in [1.807, 2.05) is 0 Å². The van der Waals surface area contributed by atoms with Crippen LogP contribution in [-0.2, 0) is 65.0 Å². The maximum Gasteiger partial charge on any atom is 0.0676 e. The van der Waals surface area contributed by atoms with E-state index in [1.54, 1.807) is 0 Å². The highest BCUT2D eigenvalue weighted by atomic mass is 32.4. The molecule has 2 aliphatic rings. The van der Waals surface area contributed by atoms with Crippen LogP contribution in [0.3, 0.4) is 0 Å². The summed E-state index contributed by atoms with van der Waals surface area (Å²) in [5.41, 5.74) is 19.3. The zero-order valence-electron chi connectivity index (χ0n) is 60.6. The minimum Gasteiger partial charge on any atom is -0.462 e. The SMILES string of the molecule is CC(C)(C)c1cc(C(C)(C)C)c(N=C2[P-]C(=Nc3c(C(C)(C)C)cc(C(C)(C)C)cc3C(C)(C)C)P2[P-]P2C(=Nc3c(C(C)(C)C)cc(C(C)(C)C)cc3C(C)(C)C)[P-]C2=Nc2c(C(C)(C)C)cc(C(C)(C)C)cc2C(C)(C)C)c(C(C)(C)C)c1. The van der Waals surface area contributed by atoms with E-state index in [4.69, 9.17) is 20.0 Å². The average Bonchev–Trinajstić information content (AvgIpc) is 0.932. The molecule has 85 heavy (non-hydrogen) atoms. The molecule has 0 aromatic heterocycles. The van der Waals surface area contributed by atoms with Gasteiger partial charge in [-0.1, -0.05) is 298 Å². The maximum absolute atomic E-state index is 6.14. The third-order valence-corrected chi connectivity index (χ3v) is 32.1. The summed E-state index contributed by atoms with van der Waals surface area (Å²) < 4.78 is 0. The van der Waals surface area contributed by atoms with Crippen molar-refractivity contribution in [1.29, 1.82) is 0 Å². The van der Waals surface area contributed by atoms with Crippen LogP contribution in [0.25, 0.3) is 0 Å². The molecule has 0 aliphatic carbocycles. The van der Waals surface area contributed by atoms with Crippen LogP contribution in [0.1, 0.15) is 316 Å². The van der Waals surface area contributed by atoms with Gasteiger partial charge in [-0.25, -0.2) is 15.2 Å². The maximum atomic E-state index is 6.14. The molecule has 0 radical (unpaired) electrons. The van der Waals surface area contributed by atoms with Crippen molar-refractivity contribution in [3.05, 3.63) is 115 Å². The van der Waals surface area contributed by atoms with Gasteiger partial charge in [0.05, 0.1) is 22.7 Å². The molecular weight excluding hydrogens is 1120 g/mol. The molecule has 4 nitrogen and oxygen atoms in total. The van der Waals surface area contributed by atoms with Gasteiger partial charge >= 0.3 is 0 Å². The van der Waals surface area contributed by atoms with Crippen molar-refractivity contribution < 1.29 is 0 Å². The summed E-state index contributed by atoms with van der Waals surface area (Å²) >= 11 is 0. The van der Waals surface area contributed by atoms with Crippen molar-refractivity contribution in [2.45, 2.75) is 314 Å². The number of benzene rings is 4. The minimum absolute atomic E-state index is 0.0272. The Morgan fingerprint density at radius 3 is 0.459 bits per heavy atom. The summed E-state index contributed by atoms with van der Waals surface area (Å²) in [4.78, 5) is 24.5. The van der Waals surface area contributed by atoms with E-state index in [1.165, 1.54) is 95.5 Å². The lowest BCUT2D eigenvalue weighted by Gasteiger charge is -2.65. The largest absolute Gasteiger partial charge is 0.462 e. The monoisotopic (exact) mass is 1240 g/mol. The molecule has 2 heterocycles. The van der Waals surface area contributed by atoms with Gasteiger partial charge in [0.2, 0.25) is 0 Å². The predicted octanol–water partition coefficient (Wildman–Crippen LogP) is 27.0. The molecule has 0 amide bonds. The second kappa shape index (κ2) is 23.4. The molecule has 4 aromatic carbocycles. The fourth-order valence-electron chi connectivity index (χ4n) is 10.7. The zero-order valence-corrected chi connectivity index (χ0v) is 65.1. The first-order valence-electron chi connectivity index (χ1n) is 31.6. The van der Waals surface area contributed by atoms with E-state index < -0.39 is 15.2 Å². The van der Waals surface area contributed by atoms with Crippen molar-refractivity contribution >= 4 is 83.9 Å². The Bertz CT molecular complexity index is 2750. The summed E-state index contributed by atoms with van der Waals surface area (Å²) in [6.45, 7) is 85.2. The number of rotatable bonds is 6. The van der Waals surface area contributed by atoms with Crippen molar-refractivity contribution in [3.63, 3.8) is 0 Å². The van der Waals surface area contributed by atoms with Crippen LogP contribution in [-0.4, -0.2) is 20.8 Å². The van der Waals surface area contributed by atoms with Gasteiger partial charge in [-0.2, -0.15) is 0 Å². The fraction of sp³-hybridized carbons (Fsp3) is 0.632. The van der Waals surface area contributed by atoms with Crippen LogP contribution in [0.5, 0.6) is 0 Å². The number of hydrogen-bond acceptors (Lipinski definition) is 4. The number of nitrogens with zero attached hydrogens (tertiary/aromatic N) is 4. The highest BCUT2D eigenvalue weighted by Crippen LogP contribution is 2.90. The molecule has 0 saturated carbocycles. The van der Waals surface area contributed by atoms with E-state index in [-0.39, 0.29) is 65.0 Å². The summed E-state index contributed by atoms with van der Waals surface area (Å²) in [7, 11) is 1.40. The lowest BCUT2D eigenvalue weighted by Crippen LogP contribution is -2.22. The predicted molar refractivity (Wildman–Crippen MR) is 393 cm³/mol. The molecule has 0 unspecified atom stereocenters. The third kappa shape index (κ3) is 16.4. The summed E-state index contributed by atoms with van der Waals surface area (Å²) in [5.74, 6) is 0. The molecule has 9 heteroatoms. The normalized spacial score (nSPS) is 20.3. The smallest absolute Gasteiger partial charge is 0.0676 e. The Kier molecular flexibility index (Phi) is 19.8. The highest BCUT2D eigenvalue weighted by Gasteiger charge is 2.36. The Labute approximate surface area is 530 Å². The van der Waals surface area contributed by atoms with Crippen molar-refractivity contribution in [2.75, 3.05) is 0 Å². The molecule has 0 spiro atoms. The van der Waals surface area contributed by atoms with Gasteiger partial charge in [-0.15, -0.1) is 20.8 Å². The molecule has 0 atom stereocenters. The lowest BCUT2D eigenvalue weighted by molar-refractivity contribution is 0.549. The lowest BCUT2D eigenvalue weighted by atomic mass is 9.74. The Morgan fingerprint density at radius 1 is 0.224 bits per heavy atom. The van der Waals surface area contributed by atoms with Gasteiger partial charge in [0.1, 0.15) is 0 Å². The quantitative estimate of drug-likeness (QED) is 0.173. The summed E-state index contributed by atoms with van der Waals surface area (Å²) in [6, 6.07) is 19.9. The van der Waals surface area contributed by atoms with E-state index in [9.17, 15) is 0 Å². The first-order valence-corrected chi connectivity index (χ1v) is 38.4. The summed E-state index contributed by atoms with van der Waals surface area (Å²) in [6.07, 6.45) is 0. The van der Waals surface area contributed by atoms with Crippen LogP contribution in [0.15, 0.2) is 68.5 Å². The van der Waals surface area contributed by atoms with Crippen molar-refractivity contribution in [3.8, 4) is 0 Å². The molecular formula is C76H116N4P5-3. The van der Waals surface area contributed by atoms with E-state index in [2.05, 4.69) is 298 Å².